The largest absolute Gasteiger partial charge is 0.495 e. The van der Waals surface area contributed by atoms with E-state index in [0.29, 0.717) is 38.6 Å². The van der Waals surface area contributed by atoms with Gasteiger partial charge in [0.15, 0.2) is 0 Å². The van der Waals surface area contributed by atoms with E-state index < -0.39 is 5.25 Å². The van der Waals surface area contributed by atoms with Gasteiger partial charge >= 0.3 is 0 Å². The van der Waals surface area contributed by atoms with Crippen molar-refractivity contribution in [1.29, 1.82) is 5.26 Å². The van der Waals surface area contributed by atoms with Crippen molar-refractivity contribution >= 4 is 35.0 Å². The predicted octanol–water partition coefficient (Wildman–Crippen LogP) is 3.75. The number of carbonyl (C=O) groups excluding carboxylic acids is 1. The summed E-state index contributed by atoms with van der Waals surface area (Å²) in [6, 6.07) is 7.11. The fraction of sp³-hybridized carbons (Fsp3) is 0.294. The minimum absolute atomic E-state index is 0.218. The van der Waals surface area contributed by atoms with E-state index in [2.05, 4.69) is 21.4 Å². The van der Waals surface area contributed by atoms with Crippen LogP contribution >= 0.6 is 23.4 Å². The van der Waals surface area contributed by atoms with E-state index in [1.807, 2.05) is 0 Å². The van der Waals surface area contributed by atoms with Crippen molar-refractivity contribution in [3.8, 4) is 11.8 Å². The Bertz CT molecular complexity index is 851. The number of methoxy groups -OCH3 is 1. The Balaban J connectivity index is 2.14. The standard InChI is InChI=1S/C17H17ClN4O2S/c1-9-13(8-19)17(21-11(3)20-9)25-10(2)16(23)22-12-5-6-15(24-4)14(18)7-12/h5-7,10H,1-4H3,(H,22,23). The quantitative estimate of drug-likeness (QED) is 0.631. The first-order valence-electron chi connectivity index (χ1n) is 7.42. The SMILES string of the molecule is COc1ccc(NC(=O)C(C)Sc2nc(C)nc(C)c2C#N)cc1Cl. The van der Waals surface area contributed by atoms with Crippen LogP contribution < -0.4 is 10.1 Å². The third kappa shape index (κ3) is 4.62. The van der Waals surface area contributed by atoms with Gasteiger partial charge in [-0.3, -0.25) is 4.79 Å². The van der Waals surface area contributed by atoms with Crippen molar-refractivity contribution in [3.63, 3.8) is 0 Å². The van der Waals surface area contributed by atoms with Crippen LogP contribution in [-0.4, -0.2) is 28.2 Å². The second-order valence-electron chi connectivity index (χ2n) is 5.25. The minimum atomic E-state index is -0.457. The van der Waals surface area contributed by atoms with E-state index in [9.17, 15) is 10.1 Å². The summed E-state index contributed by atoms with van der Waals surface area (Å²) in [7, 11) is 1.52. The zero-order valence-electron chi connectivity index (χ0n) is 14.3. The van der Waals surface area contributed by atoms with Gasteiger partial charge in [-0.05, 0) is 39.0 Å². The first kappa shape index (κ1) is 19.0. The van der Waals surface area contributed by atoms with Gasteiger partial charge in [0.2, 0.25) is 5.91 Å². The summed E-state index contributed by atoms with van der Waals surface area (Å²) in [5.41, 5.74) is 1.56. The van der Waals surface area contributed by atoms with Gasteiger partial charge in [0.25, 0.3) is 0 Å². The number of benzene rings is 1. The molecule has 0 radical (unpaired) electrons. The van der Waals surface area contributed by atoms with E-state index >= 15 is 0 Å². The molecule has 130 valence electrons. The Hall–Kier alpha value is -2.30. The van der Waals surface area contributed by atoms with E-state index in [-0.39, 0.29) is 5.91 Å². The minimum Gasteiger partial charge on any atom is -0.495 e. The monoisotopic (exact) mass is 376 g/mol. The van der Waals surface area contributed by atoms with Crippen LogP contribution in [0.2, 0.25) is 5.02 Å². The van der Waals surface area contributed by atoms with E-state index in [0.717, 1.165) is 0 Å². The third-order valence-corrected chi connectivity index (χ3v) is 4.74. The molecule has 25 heavy (non-hydrogen) atoms. The molecule has 1 aromatic carbocycles. The Kier molecular flexibility index (Phi) is 6.23. The summed E-state index contributed by atoms with van der Waals surface area (Å²) in [4.78, 5) is 20.9. The maximum atomic E-state index is 12.4. The zero-order chi connectivity index (χ0) is 18.6. The van der Waals surface area contributed by atoms with Crippen molar-refractivity contribution in [2.24, 2.45) is 0 Å². The van der Waals surface area contributed by atoms with Gasteiger partial charge in [-0.2, -0.15) is 5.26 Å². The number of nitrogens with one attached hydrogen (secondary N) is 1. The fourth-order valence-corrected chi connectivity index (χ4v) is 3.36. The predicted molar refractivity (Wildman–Crippen MR) is 98.2 cm³/mol. The maximum Gasteiger partial charge on any atom is 0.237 e. The molecule has 0 saturated carbocycles. The number of hydrogen-bond donors (Lipinski definition) is 1. The first-order chi connectivity index (χ1) is 11.8. The highest BCUT2D eigenvalue weighted by molar-refractivity contribution is 8.00. The molecule has 1 amide bonds. The number of aryl methyl sites for hydroxylation is 2. The van der Waals surface area contributed by atoms with E-state index in [4.69, 9.17) is 16.3 Å². The summed E-state index contributed by atoms with van der Waals surface area (Å²) < 4.78 is 5.09. The van der Waals surface area contributed by atoms with Crippen molar-refractivity contribution in [3.05, 3.63) is 40.3 Å². The average molecular weight is 377 g/mol. The van der Waals surface area contributed by atoms with Gasteiger partial charge in [-0.15, -0.1) is 0 Å². The summed E-state index contributed by atoms with van der Waals surface area (Å²) in [6.45, 7) is 5.25. The molecule has 1 atom stereocenters. The summed E-state index contributed by atoms with van der Waals surface area (Å²) in [6.07, 6.45) is 0. The highest BCUT2D eigenvalue weighted by Crippen LogP contribution is 2.29. The second kappa shape index (κ2) is 8.19. The molecule has 0 aliphatic rings. The number of aromatic nitrogens is 2. The van der Waals surface area contributed by atoms with Crippen molar-refractivity contribution in [2.45, 2.75) is 31.0 Å². The summed E-state index contributed by atoms with van der Waals surface area (Å²) >= 11 is 7.28. The number of amides is 1. The average Bonchev–Trinajstić information content (AvgIpc) is 2.54. The number of ether oxygens (including phenoxy) is 1. The summed E-state index contributed by atoms with van der Waals surface area (Å²) in [5, 5.41) is 12.5. The number of nitriles is 1. The van der Waals surface area contributed by atoms with Gasteiger partial charge in [0.1, 0.15) is 28.2 Å². The molecule has 0 fully saturated rings. The first-order valence-corrected chi connectivity index (χ1v) is 8.68. The van der Waals surface area contributed by atoms with Crippen LogP contribution in [0.4, 0.5) is 5.69 Å². The molecule has 0 aliphatic carbocycles. The molecule has 2 aromatic rings. The Morgan fingerprint density at radius 1 is 1.40 bits per heavy atom. The van der Waals surface area contributed by atoms with Gasteiger partial charge in [0.05, 0.1) is 23.1 Å². The van der Waals surface area contributed by atoms with Crippen LogP contribution in [0.1, 0.15) is 24.0 Å². The number of thioether (sulfide) groups is 1. The smallest absolute Gasteiger partial charge is 0.237 e. The second-order valence-corrected chi connectivity index (χ2v) is 6.98. The molecule has 1 heterocycles. The Morgan fingerprint density at radius 2 is 2.12 bits per heavy atom. The van der Waals surface area contributed by atoms with Crippen LogP contribution in [0.5, 0.6) is 5.75 Å². The van der Waals surface area contributed by atoms with Crippen LogP contribution in [0.25, 0.3) is 0 Å². The molecule has 2 rings (SSSR count). The molecule has 1 N–H and O–H groups in total. The van der Waals surface area contributed by atoms with Crippen LogP contribution in [-0.2, 0) is 4.79 Å². The Labute approximate surface area is 155 Å². The van der Waals surface area contributed by atoms with Gasteiger partial charge in [0, 0.05) is 5.69 Å². The van der Waals surface area contributed by atoms with E-state index in [1.54, 1.807) is 39.0 Å². The maximum absolute atomic E-state index is 12.4. The van der Waals surface area contributed by atoms with Gasteiger partial charge < -0.3 is 10.1 Å². The third-order valence-electron chi connectivity index (χ3n) is 3.36. The highest BCUT2D eigenvalue weighted by atomic mass is 35.5. The fourth-order valence-electron chi connectivity index (χ4n) is 2.10. The van der Waals surface area contributed by atoms with Crippen LogP contribution in [0.15, 0.2) is 23.2 Å². The molecule has 0 bridgehead atoms. The number of halogens is 1. The topological polar surface area (TPSA) is 87.9 Å². The molecular formula is C17H17ClN4O2S. The normalized spacial score (nSPS) is 11.5. The van der Waals surface area contributed by atoms with Crippen LogP contribution in [0, 0.1) is 25.2 Å². The molecule has 0 saturated heterocycles. The van der Waals surface area contributed by atoms with Gasteiger partial charge in [-0.25, -0.2) is 9.97 Å². The van der Waals surface area contributed by atoms with E-state index in [1.165, 1.54) is 18.9 Å². The highest BCUT2D eigenvalue weighted by Gasteiger charge is 2.19. The lowest BCUT2D eigenvalue weighted by Crippen LogP contribution is -2.22. The van der Waals surface area contributed by atoms with Crippen molar-refractivity contribution in [1.82, 2.24) is 9.97 Å². The number of hydrogen-bond acceptors (Lipinski definition) is 6. The van der Waals surface area contributed by atoms with Crippen molar-refractivity contribution in [2.75, 3.05) is 12.4 Å². The number of nitrogens with zero attached hydrogens (tertiary/aromatic N) is 3. The van der Waals surface area contributed by atoms with Gasteiger partial charge in [-0.1, -0.05) is 23.4 Å². The number of carbonyl (C=O) groups is 1. The lowest BCUT2D eigenvalue weighted by molar-refractivity contribution is -0.115. The molecule has 1 aromatic heterocycles. The molecule has 8 heteroatoms. The molecule has 6 nitrogen and oxygen atoms in total. The molecular weight excluding hydrogens is 360 g/mol. The number of rotatable bonds is 5. The molecule has 0 spiro atoms. The molecule has 0 aliphatic heterocycles. The molecule has 1 unspecified atom stereocenters. The Morgan fingerprint density at radius 3 is 2.72 bits per heavy atom. The summed E-state index contributed by atoms with van der Waals surface area (Å²) in [5.74, 6) is 0.880. The van der Waals surface area contributed by atoms with Crippen molar-refractivity contribution < 1.29 is 9.53 Å². The zero-order valence-corrected chi connectivity index (χ0v) is 15.8. The lowest BCUT2D eigenvalue weighted by atomic mass is 10.3. The van der Waals surface area contributed by atoms with Crippen LogP contribution in [0.3, 0.4) is 0 Å². The lowest BCUT2D eigenvalue weighted by Gasteiger charge is -2.14. The number of anilines is 1.